The first-order chi connectivity index (χ1) is 18.3. The number of rotatable bonds is 7. The lowest BCUT2D eigenvalue weighted by atomic mass is 9.89. The van der Waals surface area contributed by atoms with Crippen LogP contribution in [-0.4, -0.2) is 13.1 Å². The molecule has 204 valence electrons. The molecule has 1 aliphatic carbocycles. The molecule has 0 aromatic heterocycles. The Morgan fingerprint density at radius 2 is 1.18 bits per heavy atom. The third-order valence-corrected chi connectivity index (χ3v) is 9.06. The van der Waals surface area contributed by atoms with Crippen LogP contribution in [-0.2, 0) is 12.8 Å². The minimum Gasteiger partial charge on any atom is -0.344 e. The Balaban J connectivity index is 1.87. The van der Waals surface area contributed by atoms with E-state index in [1.54, 1.807) is 0 Å². The van der Waals surface area contributed by atoms with Gasteiger partial charge in [-0.15, -0.1) is 0 Å². The van der Waals surface area contributed by atoms with Crippen molar-refractivity contribution in [3.8, 4) is 0 Å². The molecule has 3 unspecified atom stereocenters. The van der Waals surface area contributed by atoms with E-state index in [0.29, 0.717) is 12.0 Å². The van der Waals surface area contributed by atoms with Gasteiger partial charge < -0.3 is 9.80 Å². The summed E-state index contributed by atoms with van der Waals surface area (Å²) >= 11 is 0. The van der Waals surface area contributed by atoms with Gasteiger partial charge in [0.15, 0.2) is 0 Å². The minimum atomic E-state index is 0.511. The van der Waals surface area contributed by atoms with Crippen molar-refractivity contribution in [1.29, 1.82) is 0 Å². The highest BCUT2D eigenvalue weighted by Crippen LogP contribution is 2.42. The summed E-state index contributed by atoms with van der Waals surface area (Å²) in [7, 11) is 2.23. The van der Waals surface area contributed by atoms with Gasteiger partial charge in [0.05, 0.1) is 0 Å². The molecule has 2 nitrogen and oxygen atoms in total. The predicted octanol–water partition coefficient (Wildman–Crippen LogP) is 10.3. The van der Waals surface area contributed by atoms with Crippen LogP contribution >= 0.6 is 0 Å². The molecule has 0 heterocycles. The summed E-state index contributed by atoms with van der Waals surface area (Å²) in [4.78, 5) is 5.17. The van der Waals surface area contributed by atoms with Gasteiger partial charge in [-0.1, -0.05) is 89.8 Å². The van der Waals surface area contributed by atoms with E-state index in [1.165, 1.54) is 83.5 Å². The molecular weight excluding hydrogens is 460 g/mol. The molecule has 38 heavy (non-hydrogen) atoms. The lowest BCUT2D eigenvalue weighted by molar-refractivity contribution is 0.393. The zero-order valence-corrected chi connectivity index (χ0v) is 25.1. The van der Waals surface area contributed by atoms with Crippen LogP contribution in [0.4, 0.5) is 22.7 Å². The van der Waals surface area contributed by atoms with E-state index in [0.717, 1.165) is 18.8 Å². The van der Waals surface area contributed by atoms with Crippen LogP contribution in [0.15, 0.2) is 60.7 Å². The second-order valence-electron chi connectivity index (χ2n) is 11.8. The quantitative estimate of drug-likeness (QED) is 0.312. The fraction of sp³-hybridized carbons (Fsp3) is 0.500. The Labute approximate surface area is 233 Å². The van der Waals surface area contributed by atoms with E-state index < -0.39 is 0 Å². The smallest absolute Gasteiger partial charge is 0.0450 e. The van der Waals surface area contributed by atoms with Crippen molar-refractivity contribution in [3.05, 3.63) is 82.9 Å². The summed E-state index contributed by atoms with van der Waals surface area (Å²) in [6, 6.07) is 23.3. The third-order valence-electron chi connectivity index (χ3n) is 9.06. The second kappa shape index (κ2) is 12.9. The van der Waals surface area contributed by atoms with E-state index in [4.69, 9.17) is 0 Å². The van der Waals surface area contributed by atoms with Crippen LogP contribution < -0.4 is 9.80 Å². The standard InChI is InChI=1S/C36H50N2/c1-8-30-25-36(31(9-2)24-35(30)37(7)32-21-12-10-18-27(32)4)38(33-22-13-11-19-28(33)5)34-23-15-17-26(3)16-14-20-29(34)6/h10-13,18-19,21-22,24-26,29,34H,8-9,14-17,20,23H2,1-7H3. The highest BCUT2D eigenvalue weighted by Gasteiger charge is 2.30. The Bertz CT molecular complexity index is 1200. The topological polar surface area (TPSA) is 6.48 Å². The van der Waals surface area contributed by atoms with Crippen molar-refractivity contribution < 1.29 is 0 Å². The average molecular weight is 511 g/mol. The van der Waals surface area contributed by atoms with Crippen molar-refractivity contribution in [2.45, 2.75) is 99.0 Å². The molecule has 0 amide bonds. The van der Waals surface area contributed by atoms with E-state index in [2.05, 4.69) is 119 Å². The highest BCUT2D eigenvalue weighted by molar-refractivity contribution is 5.77. The van der Waals surface area contributed by atoms with Crippen molar-refractivity contribution >= 4 is 22.7 Å². The molecule has 0 bridgehead atoms. The van der Waals surface area contributed by atoms with E-state index in [1.807, 2.05) is 0 Å². The highest BCUT2D eigenvalue weighted by atomic mass is 15.2. The largest absolute Gasteiger partial charge is 0.344 e. The van der Waals surface area contributed by atoms with Gasteiger partial charge in [-0.05, 0) is 97.9 Å². The maximum absolute atomic E-state index is 2.77. The summed E-state index contributed by atoms with van der Waals surface area (Å²) in [5.74, 6) is 1.51. The molecule has 1 aliphatic rings. The summed E-state index contributed by atoms with van der Waals surface area (Å²) in [6.07, 6.45) is 10.0. The van der Waals surface area contributed by atoms with Gasteiger partial charge in [0.25, 0.3) is 0 Å². The molecular formula is C36H50N2. The zero-order chi connectivity index (χ0) is 27.2. The Morgan fingerprint density at radius 1 is 0.658 bits per heavy atom. The zero-order valence-electron chi connectivity index (χ0n) is 25.1. The first kappa shape index (κ1) is 28.3. The number of nitrogens with zero attached hydrogens (tertiary/aromatic N) is 2. The average Bonchev–Trinajstić information content (AvgIpc) is 3.00. The van der Waals surface area contributed by atoms with E-state index >= 15 is 0 Å². The van der Waals surface area contributed by atoms with Crippen molar-refractivity contribution in [1.82, 2.24) is 0 Å². The summed E-state index contributed by atoms with van der Waals surface area (Å²) in [5, 5.41) is 0. The Kier molecular flexibility index (Phi) is 9.58. The van der Waals surface area contributed by atoms with Crippen molar-refractivity contribution in [2.75, 3.05) is 16.8 Å². The number of para-hydroxylation sites is 2. The molecule has 0 radical (unpaired) electrons. The molecule has 0 N–H and O–H groups in total. The van der Waals surface area contributed by atoms with Crippen LogP contribution in [0, 0.1) is 25.7 Å². The maximum atomic E-state index is 2.77. The summed E-state index contributed by atoms with van der Waals surface area (Å²) in [5.41, 5.74) is 11.0. The molecule has 0 spiro atoms. The maximum Gasteiger partial charge on any atom is 0.0450 e. The van der Waals surface area contributed by atoms with Gasteiger partial charge in [0, 0.05) is 35.8 Å². The minimum absolute atomic E-state index is 0.511. The molecule has 2 heteroatoms. The monoisotopic (exact) mass is 510 g/mol. The van der Waals surface area contributed by atoms with Gasteiger partial charge in [0.2, 0.25) is 0 Å². The first-order valence-electron chi connectivity index (χ1n) is 15.2. The molecule has 4 rings (SSSR count). The van der Waals surface area contributed by atoms with Crippen molar-refractivity contribution in [2.24, 2.45) is 11.8 Å². The van der Waals surface area contributed by atoms with Gasteiger partial charge in [-0.2, -0.15) is 0 Å². The molecule has 0 aliphatic heterocycles. The van der Waals surface area contributed by atoms with Gasteiger partial charge in [0.1, 0.15) is 0 Å². The van der Waals surface area contributed by atoms with Crippen LogP contribution in [0.5, 0.6) is 0 Å². The van der Waals surface area contributed by atoms with Crippen LogP contribution in [0.25, 0.3) is 0 Å². The number of hydrogen-bond donors (Lipinski definition) is 0. The van der Waals surface area contributed by atoms with E-state index in [-0.39, 0.29) is 0 Å². The molecule has 0 saturated heterocycles. The Morgan fingerprint density at radius 3 is 1.79 bits per heavy atom. The predicted molar refractivity (Wildman–Crippen MR) is 168 cm³/mol. The number of benzene rings is 3. The summed E-state index contributed by atoms with van der Waals surface area (Å²) in [6.45, 7) is 14.1. The van der Waals surface area contributed by atoms with Gasteiger partial charge >= 0.3 is 0 Å². The SMILES string of the molecule is CCc1cc(N(c2ccccc2C)C2CCCC(C)CCCC2C)c(CC)cc1N(C)c1ccccc1C. The normalized spacial score (nSPS) is 20.3. The fourth-order valence-corrected chi connectivity index (χ4v) is 6.63. The van der Waals surface area contributed by atoms with Gasteiger partial charge in [-0.3, -0.25) is 0 Å². The first-order valence-corrected chi connectivity index (χ1v) is 15.2. The number of hydrogen-bond acceptors (Lipinski definition) is 2. The number of anilines is 4. The molecule has 3 atom stereocenters. The molecule has 3 aromatic rings. The lowest BCUT2D eigenvalue weighted by Crippen LogP contribution is -2.37. The second-order valence-corrected chi connectivity index (χ2v) is 11.8. The van der Waals surface area contributed by atoms with Crippen LogP contribution in [0.1, 0.15) is 88.5 Å². The third kappa shape index (κ3) is 6.11. The molecule has 1 fully saturated rings. The number of aryl methyl sites for hydroxylation is 4. The Hall–Kier alpha value is -2.74. The summed E-state index contributed by atoms with van der Waals surface area (Å²) < 4.78 is 0. The molecule has 1 saturated carbocycles. The van der Waals surface area contributed by atoms with Crippen LogP contribution in [0.3, 0.4) is 0 Å². The van der Waals surface area contributed by atoms with Crippen LogP contribution in [0.2, 0.25) is 0 Å². The fourth-order valence-electron chi connectivity index (χ4n) is 6.63. The molecule has 3 aromatic carbocycles. The van der Waals surface area contributed by atoms with Gasteiger partial charge in [-0.25, -0.2) is 0 Å². The van der Waals surface area contributed by atoms with E-state index in [9.17, 15) is 0 Å². The van der Waals surface area contributed by atoms with Crippen molar-refractivity contribution in [3.63, 3.8) is 0 Å². The lowest BCUT2D eigenvalue weighted by Gasteiger charge is -2.40.